The van der Waals surface area contributed by atoms with Crippen molar-refractivity contribution in [2.24, 2.45) is 0 Å². The summed E-state index contributed by atoms with van der Waals surface area (Å²) < 4.78 is 9.90. The van der Waals surface area contributed by atoms with Crippen LogP contribution in [0.3, 0.4) is 0 Å². The number of carbonyl (C=O) groups excluding carboxylic acids is 3. The SMILES string of the molecule is COC(=O)CCCC=CCN1C(=O)CC[C@@H]1COC(=O)NCCc1ccccc1. The summed E-state index contributed by atoms with van der Waals surface area (Å²) in [5.41, 5.74) is 1.15. The molecule has 1 aromatic rings. The first-order valence-corrected chi connectivity index (χ1v) is 10.1. The van der Waals surface area contributed by atoms with Gasteiger partial charge in [0.2, 0.25) is 5.91 Å². The summed E-state index contributed by atoms with van der Waals surface area (Å²) in [5.74, 6) is -0.144. The summed E-state index contributed by atoms with van der Waals surface area (Å²) in [6, 6.07) is 9.81. The molecule has 1 saturated heterocycles. The number of nitrogens with one attached hydrogen (secondary N) is 1. The van der Waals surface area contributed by atoms with Gasteiger partial charge in [-0.3, -0.25) is 9.59 Å². The zero-order valence-electron chi connectivity index (χ0n) is 17.0. The van der Waals surface area contributed by atoms with Crippen LogP contribution >= 0.6 is 0 Å². The Hall–Kier alpha value is -2.83. The summed E-state index contributed by atoms with van der Waals surface area (Å²) in [6.45, 7) is 1.18. The molecule has 1 atom stereocenters. The molecule has 0 bridgehead atoms. The van der Waals surface area contributed by atoms with Crippen molar-refractivity contribution in [3.05, 3.63) is 48.0 Å². The van der Waals surface area contributed by atoms with Crippen LogP contribution < -0.4 is 5.32 Å². The van der Waals surface area contributed by atoms with Gasteiger partial charge in [0.1, 0.15) is 6.61 Å². The quantitative estimate of drug-likeness (QED) is 0.349. The number of unbranched alkanes of at least 4 members (excludes halogenated alkanes) is 1. The first kappa shape index (κ1) is 22.5. The summed E-state index contributed by atoms with van der Waals surface area (Å²) in [5, 5.41) is 2.75. The summed E-state index contributed by atoms with van der Waals surface area (Å²) in [7, 11) is 1.38. The molecule has 0 radical (unpaired) electrons. The number of hydrogen-bond acceptors (Lipinski definition) is 5. The van der Waals surface area contributed by atoms with Crippen molar-refractivity contribution >= 4 is 18.0 Å². The van der Waals surface area contributed by atoms with Crippen LogP contribution in [0.2, 0.25) is 0 Å². The highest BCUT2D eigenvalue weighted by atomic mass is 16.5. The highest BCUT2D eigenvalue weighted by Crippen LogP contribution is 2.19. The lowest BCUT2D eigenvalue weighted by atomic mass is 10.1. The predicted molar refractivity (Wildman–Crippen MR) is 109 cm³/mol. The Kier molecular flexibility index (Phi) is 9.75. The van der Waals surface area contributed by atoms with Gasteiger partial charge in [-0.25, -0.2) is 4.79 Å². The number of carbonyl (C=O) groups is 3. The summed E-state index contributed by atoms with van der Waals surface area (Å²) in [4.78, 5) is 36.8. The maximum Gasteiger partial charge on any atom is 0.407 e. The van der Waals surface area contributed by atoms with Crippen LogP contribution in [0, 0.1) is 0 Å². The molecule has 1 aromatic carbocycles. The Bertz CT molecular complexity index is 690. The second-order valence-corrected chi connectivity index (χ2v) is 6.94. The van der Waals surface area contributed by atoms with Crippen LogP contribution in [0.25, 0.3) is 0 Å². The third kappa shape index (κ3) is 8.37. The largest absolute Gasteiger partial charge is 0.469 e. The third-order valence-corrected chi connectivity index (χ3v) is 4.83. The molecule has 29 heavy (non-hydrogen) atoms. The molecule has 1 aliphatic heterocycles. The van der Waals surface area contributed by atoms with E-state index in [4.69, 9.17) is 4.74 Å². The standard InChI is InChI=1S/C22H30N2O5/c1-28-21(26)11-7-2-3-8-16-24-19(12-13-20(24)25)17-29-22(27)23-15-14-18-9-5-4-6-10-18/h3-6,8-10,19H,2,7,11-17H2,1H3,(H,23,27)/t19-/m1/s1. The van der Waals surface area contributed by atoms with E-state index in [2.05, 4.69) is 10.1 Å². The fourth-order valence-corrected chi connectivity index (χ4v) is 3.17. The van der Waals surface area contributed by atoms with Gasteiger partial charge in [-0.1, -0.05) is 42.5 Å². The minimum atomic E-state index is -0.460. The zero-order valence-corrected chi connectivity index (χ0v) is 17.0. The third-order valence-electron chi connectivity index (χ3n) is 4.83. The van der Waals surface area contributed by atoms with Crippen molar-refractivity contribution in [2.75, 3.05) is 26.8 Å². The van der Waals surface area contributed by atoms with E-state index in [1.807, 2.05) is 42.5 Å². The lowest BCUT2D eigenvalue weighted by Crippen LogP contribution is -2.38. The lowest BCUT2D eigenvalue weighted by molar-refractivity contribution is -0.140. The molecular weight excluding hydrogens is 372 g/mol. The number of allylic oxidation sites excluding steroid dienone is 1. The minimum Gasteiger partial charge on any atom is -0.469 e. The second kappa shape index (κ2) is 12.6. The van der Waals surface area contributed by atoms with E-state index in [0.717, 1.165) is 18.4 Å². The Morgan fingerprint density at radius 1 is 1.24 bits per heavy atom. The van der Waals surface area contributed by atoms with Crippen LogP contribution in [0.1, 0.15) is 37.7 Å². The zero-order chi connectivity index (χ0) is 20.9. The first-order valence-electron chi connectivity index (χ1n) is 10.1. The molecule has 2 amide bonds. The monoisotopic (exact) mass is 402 g/mol. The fourth-order valence-electron chi connectivity index (χ4n) is 3.17. The van der Waals surface area contributed by atoms with Gasteiger partial charge in [0, 0.05) is 25.9 Å². The van der Waals surface area contributed by atoms with Gasteiger partial charge in [0.15, 0.2) is 0 Å². The number of amides is 2. The molecule has 0 aromatic heterocycles. The van der Waals surface area contributed by atoms with Crippen molar-refractivity contribution in [1.29, 1.82) is 0 Å². The Morgan fingerprint density at radius 2 is 2.03 bits per heavy atom. The maximum atomic E-state index is 12.1. The van der Waals surface area contributed by atoms with E-state index in [9.17, 15) is 14.4 Å². The number of ether oxygens (including phenoxy) is 2. The number of esters is 1. The number of hydrogen-bond donors (Lipinski definition) is 1. The van der Waals surface area contributed by atoms with E-state index in [-0.39, 0.29) is 24.5 Å². The number of rotatable bonds is 11. The Balaban J connectivity index is 1.64. The van der Waals surface area contributed by atoms with Crippen molar-refractivity contribution in [3.63, 3.8) is 0 Å². The molecule has 2 rings (SSSR count). The van der Waals surface area contributed by atoms with Gasteiger partial charge >= 0.3 is 12.1 Å². The highest BCUT2D eigenvalue weighted by molar-refractivity contribution is 5.79. The molecule has 1 heterocycles. The van der Waals surface area contributed by atoms with Crippen LogP contribution in [0.15, 0.2) is 42.5 Å². The molecule has 1 fully saturated rings. The summed E-state index contributed by atoms with van der Waals surface area (Å²) in [6.07, 6.45) is 7.18. The molecule has 0 unspecified atom stereocenters. The van der Waals surface area contributed by atoms with Crippen molar-refractivity contribution in [2.45, 2.75) is 44.6 Å². The van der Waals surface area contributed by atoms with Gasteiger partial charge in [-0.2, -0.15) is 0 Å². The van der Waals surface area contributed by atoms with Crippen LogP contribution in [-0.2, 0) is 25.5 Å². The normalized spacial score (nSPS) is 16.2. The van der Waals surface area contributed by atoms with Crippen LogP contribution in [-0.4, -0.2) is 55.7 Å². The van der Waals surface area contributed by atoms with E-state index >= 15 is 0 Å². The fraction of sp³-hybridized carbons (Fsp3) is 0.500. The molecule has 158 valence electrons. The first-order chi connectivity index (χ1) is 14.1. The van der Waals surface area contributed by atoms with E-state index in [1.165, 1.54) is 7.11 Å². The van der Waals surface area contributed by atoms with E-state index in [0.29, 0.717) is 38.8 Å². The van der Waals surface area contributed by atoms with E-state index in [1.54, 1.807) is 4.90 Å². The highest BCUT2D eigenvalue weighted by Gasteiger charge is 2.30. The topological polar surface area (TPSA) is 84.9 Å². The molecule has 7 heteroatoms. The molecule has 0 aliphatic carbocycles. The number of likely N-dealkylation sites (tertiary alicyclic amines) is 1. The number of benzene rings is 1. The minimum absolute atomic E-state index is 0.0716. The van der Waals surface area contributed by atoms with Crippen molar-refractivity contribution in [1.82, 2.24) is 10.2 Å². The van der Waals surface area contributed by atoms with Crippen LogP contribution in [0.4, 0.5) is 4.79 Å². The van der Waals surface area contributed by atoms with E-state index < -0.39 is 6.09 Å². The van der Waals surface area contributed by atoms with Gasteiger partial charge < -0.3 is 19.7 Å². The number of alkyl carbamates (subject to hydrolysis) is 1. The van der Waals surface area contributed by atoms with Gasteiger partial charge in [0.05, 0.1) is 13.2 Å². The second-order valence-electron chi connectivity index (χ2n) is 6.94. The molecule has 7 nitrogen and oxygen atoms in total. The molecule has 0 spiro atoms. The Labute approximate surface area is 172 Å². The molecule has 1 aliphatic rings. The summed E-state index contributed by atoms with van der Waals surface area (Å²) >= 11 is 0. The smallest absolute Gasteiger partial charge is 0.407 e. The molecule has 0 saturated carbocycles. The molecule has 1 N–H and O–H groups in total. The number of methoxy groups -OCH3 is 1. The van der Waals surface area contributed by atoms with Crippen LogP contribution in [0.5, 0.6) is 0 Å². The number of nitrogens with zero attached hydrogens (tertiary/aromatic N) is 1. The Morgan fingerprint density at radius 3 is 2.79 bits per heavy atom. The van der Waals surface area contributed by atoms with Crippen molar-refractivity contribution in [3.8, 4) is 0 Å². The molecular formula is C22H30N2O5. The van der Waals surface area contributed by atoms with Gasteiger partial charge in [-0.05, 0) is 31.2 Å². The maximum absolute atomic E-state index is 12.1. The van der Waals surface area contributed by atoms with Gasteiger partial charge in [-0.15, -0.1) is 0 Å². The predicted octanol–water partition coefficient (Wildman–Crippen LogP) is 2.85. The average molecular weight is 402 g/mol. The van der Waals surface area contributed by atoms with Gasteiger partial charge in [0.25, 0.3) is 0 Å². The van der Waals surface area contributed by atoms with Crippen molar-refractivity contribution < 1.29 is 23.9 Å². The lowest BCUT2D eigenvalue weighted by Gasteiger charge is -2.23. The average Bonchev–Trinajstić information content (AvgIpc) is 3.09.